The van der Waals surface area contributed by atoms with Gasteiger partial charge in [-0.15, -0.1) is 0 Å². The minimum absolute atomic E-state index is 0.0123. The number of hydrogen-bond donors (Lipinski definition) is 1. The molecule has 0 aliphatic rings. The van der Waals surface area contributed by atoms with Gasteiger partial charge in [-0.25, -0.2) is 0 Å². The van der Waals surface area contributed by atoms with E-state index < -0.39 is 17.8 Å². The van der Waals surface area contributed by atoms with Gasteiger partial charge in [-0.1, -0.05) is 26.0 Å². The smallest absolute Gasteiger partial charge is 0.388 e. The van der Waals surface area contributed by atoms with E-state index in [0.29, 0.717) is 5.56 Å². The zero-order valence-corrected chi connectivity index (χ0v) is 8.55. The minimum atomic E-state index is -4.32. The molecule has 0 amide bonds. The van der Waals surface area contributed by atoms with E-state index in [2.05, 4.69) is 0 Å². The molecular formula is C11H13F3O. The molecule has 1 rings (SSSR count). The highest BCUT2D eigenvalue weighted by molar-refractivity contribution is 5.26. The third-order valence-electron chi connectivity index (χ3n) is 2.21. The Kier molecular flexibility index (Phi) is 3.39. The Balaban J connectivity index is 2.91. The molecule has 1 aromatic carbocycles. The summed E-state index contributed by atoms with van der Waals surface area (Å²) in [5.41, 5.74) is -0.180. The molecule has 4 heteroatoms. The number of benzene rings is 1. The zero-order chi connectivity index (χ0) is 11.6. The van der Waals surface area contributed by atoms with Gasteiger partial charge in [0.25, 0.3) is 0 Å². The van der Waals surface area contributed by atoms with E-state index in [-0.39, 0.29) is 5.92 Å². The lowest BCUT2D eigenvalue weighted by Gasteiger charge is -2.15. The third-order valence-corrected chi connectivity index (χ3v) is 2.21. The fraction of sp³-hybridized carbons (Fsp3) is 0.455. The molecule has 1 atom stereocenters. The molecule has 0 bridgehead atoms. The van der Waals surface area contributed by atoms with Gasteiger partial charge in [0.15, 0.2) is 0 Å². The van der Waals surface area contributed by atoms with Crippen LogP contribution in [0.1, 0.15) is 31.1 Å². The Hall–Kier alpha value is -1.03. The van der Waals surface area contributed by atoms with E-state index in [1.807, 2.05) is 13.8 Å². The van der Waals surface area contributed by atoms with Crippen molar-refractivity contribution in [1.29, 1.82) is 0 Å². The molecule has 0 aliphatic heterocycles. The summed E-state index contributed by atoms with van der Waals surface area (Å²) in [7, 11) is 0. The molecule has 0 saturated heterocycles. The van der Waals surface area contributed by atoms with Gasteiger partial charge in [0.05, 0.1) is 11.7 Å². The van der Waals surface area contributed by atoms with Crippen LogP contribution in [0.3, 0.4) is 0 Å². The van der Waals surface area contributed by atoms with Gasteiger partial charge in [-0.05, 0) is 23.6 Å². The number of alkyl halides is 3. The molecule has 1 nitrogen and oxygen atoms in total. The van der Waals surface area contributed by atoms with Crippen molar-refractivity contribution in [2.45, 2.75) is 26.1 Å². The van der Waals surface area contributed by atoms with Gasteiger partial charge in [-0.2, -0.15) is 13.2 Å². The van der Waals surface area contributed by atoms with Crippen LogP contribution in [0.15, 0.2) is 24.3 Å². The third kappa shape index (κ3) is 2.96. The summed E-state index contributed by atoms with van der Waals surface area (Å²) in [5.74, 6) is -0.0123. The fourth-order valence-electron chi connectivity index (χ4n) is 1.25. The van der Waals surface area contributed by atoms with Crippen molar-refractivity contribution >= 4 is 0 Å². The Labute approximate surface area is 86.5 Å². The Morgan fingerprint density at radius 1 is 1.07 bits per heavy atom. The fourth-order valence-corrected chi connectivity index (χ4v) is 1.25. The Morgan fingerprint density at radius 3 is 1.87 bits per heavy atom. The molecule has 0 fully saturated rings. The van der Waals surface area contributed by atoms with Gasteiger partial charge < -0.3 is 5.11 Å². The van der Waals surface area contributed by atoms with Crippen LogP contribution < -0.4 is 0 Å². The van der Waals surface area contributed by atoms with Crippen molar-refractivity contribution in [2.24, 2.45) is 5.92 Å². The second-order valence-electron chi connectivity index (χ2n) is 3.81. The normalized spacial score (nSPS) is 14.3. The zero-order valence-electron chi connectivity index (χ0n) is 8.55. The Morgan fingerprint density at radius 2 is 1.53 bits per heavy atom. The summed E-state index contributed by atoms with van der Waals surface area (Å²) in [6.07, 6.45) is -5.03. The lowest BCUT2D eigenvalue weighted by molar-refractivity contribution is -0.137. The summed E-state index contributed by atoms with van der Waals surface area (Å²) in [6, 6.07) is 4.60. The van der Waals surface area contributed by atoms with Crippen LogP contribution in [-0.4, -0.2) is 5.11 Å². The van der Waals surface area contributed by atoms with E-state index >= 15 is 0 Å². The second kappa shape index (κ2) is 4.23. The van der Waals surface area contributed by atoms with Crippen molar-refractivity contribution in [3.63, 3.8) is 0 Å². The van der Waals surface area contributed by atoms with E-state index in [1.165, 1.54) is 12.1 Å². The number of rotatable bonds is 2. The van der Waals surface area contributed by atoms with Gasteiger partial charge >= 0.3 is 6.18 Å². The quantitative estimate of drug-likeness (QED) is 0.806. The van der Waals surface area contributed by atoms with Crippen LogP contribution in [0.2, 0.25) is 0 Å². The molecule has 0 aromatic heterocycles. The minimum Gasteiger partial charge on any atom is -0.388 e. The predicted molar refractivity (Wildman–Crippen MR) is 51.2 cm³/mol. The van der Waals surface area contributed by atoms with E-state index in [4.69, 9.17) is 0 Å². The first-order valence-corrected chi connectivity index (χ1v) is 4.67. The SMILES string of the molecule is CC(C)[C@H](O)c1ccc(C(F)(F)F)cc1. The maximum atomic E-state index is 12.2. The first-order chi connectivity index (χ1) is 6.82. The first kappa shape index (κ1) is 12.0. The summed E-state index contributed by atoms with van der Waals surface area (Å²) in [4.78, 5) is 0. The van der Waals surface area contributed by atoms with Crippen LogP contribution in [0.5, 0.6) is 0 Å². The molecule has 15 heavy (non-hydrogen) atoms. The van der Waals surface area contributed by atoms with Gasteiger partial charge in [0, 0.05) is 0 Å². The molecule has 84 valence electrons. The highest BCUT2D eigenvalue weighted by atomic mass is 19.4. The molecule has 0 heterocycles. The average molecular weight is 218 g/mol. The van der Waals surface area contributed by atoms with Crippen LogP contribution in [0.25, 0.3) is 0 Å². The monoisotopic (exact) mass is 218 g/mol. The van der Waals surface area contributed by atoms with Crippen molar-refractivity contribution in [3.8, 4) is 0 Å². The standard InChI is InChI=1S/C11H13F3O/c1-7(2)10(15)8-3-5-9(6-4-8)11(12,13)14/h3-7,10,15H,1-2H3/t10-/m0/s1. The molecule has 0 unspecified atom stereocenters. The number of aliphatic hydroxyl groups excluding tert-OH is 1. The number of aliphatic hydroxyl groups is 1. The van der Waals surface area contributed by atoms with Crippen LogP contribution in [-0.2, 0) is 6.18 Å². The largest absolute Gasteiger partial charge is 0.416 e. The van der Waals surface area contributed by atoms with Crippen molar-refractivity contribution < 1.29 is 18.3 Å². The van der Waals surface area contributed by atoms with Crippen LogP contribution >= 0.6 is 0 Å². The predicted octanol–water partition coefficient (Wildman–Crippen LogP) is 3.39. The highest BCUT2D eigenvalue weighted by Gasteiger charge is 2.30. The van der Waals surface area contributed by atoms with Crippen LogP contribution in [0.4, 0.5) is 13.2 Å². The van der Waals surface area contributed by atoms with E-state index in [9.17, 15) is 18.3 Å². The van der Waals surface area contributed by atoms with Gasteiger partial charge in [-0.3, -0.25) is 0 Å². The van der Waals surface area contributed by atoms with Crippen molar-refractivity contribution in [2.75, 3.05) is 0 Å². The molecule has 0 spiro atoms. The van der Waals surface area contributed by atoms with Gasteiger partial charge in [0.2, 0.25) is 0 Å². The van der Waals surface area contributed by atoms with Crippen LogP contribution in [0, 0.1) is 5.92 Å². The summed E-state index contributed by atoms with van der Waals surface area (Å²) in [6.45, 7) is 3.62. The van der Waals surface area contributed by atoms with Crippen molar-refractivity contribution in [3.05, 3.63) is 35.4 Å². The highest BCUT2D eigenvalue weighted by Crippen LogP contribution is 2.30. The molecule has 1 aromatic rings. The molecule has 0 radical (unpaired) electrons. The Bertz CT molecular complexity index is 314. The summed E-state index contributed by atoms with van der Waals surface area (Å²) >= 11 is 0. The molecule has 1 N–H and O–H groups in total. The topological polar surface area (TPSA) is 20.2 Å². The summed E-state index contributed by atoms with van der Waals surface area (Å²) < 4.78 is 36.7. The molecule has 0 saturated carbocycles. The molecular weight excluding hydrogens is 205 g/mol. The van der Waals surface area contributed by atoms with Gasteiger partial charge in [0.1, 0.15) is 0 Å². The lowest BCUT2D eigenvalue weighted by atomic mass is 9.98. The maximum absolute atomic E-state index is 12.2. The average Bonchev–Trinajstić information content (AvgIpc) is 2.15. The lowest BCUT2D eigenvalue weighted by Crippen LogP contribution is -2.08. The number of hydrogen-bond acceptors (Lipinski definition) is 1. The maximum Gasteiger partial charge on any atom is 0.416 e. The van der Waals surface area contributed by atoms with E-state index in [0.717, 1.165) is 12.1 Å². The summed E-state index contributed by atoms with van der Waals surface area (Å²) in [5, 5.41) is 9.61. The second-order valence-corrected chi connectivity index (χ2v) is 3.81. The first-order valence-electron chi connectivity index (χ1n) is 4.67. The van der Waals surface area contributed by atoms with E-state index in [1.54, 1.807) is 0 Å². The molecule has 0 aliphatic carbocycles. The number of halogens is 3. The van der Waals surface area contributed by atoms with Crippen molar-refractivity contribution in [1.82, 2.24) is 0 Å².